The zero-order chi connectivity index (χ0) is 31.6. The van der Waals surface area contributed by atoms with Crippen LogP contribution in [0.15, 0.2) is 82.6 Å². The van der Waals surface area contributed by atoms with Crippen LogP contribution in [0.4, 0.5) is 5.69 Å². The van der Waals surface area contributed by atoms with Gasteiger partial charge in [0.15, 0.2) is 0 Å². The first-order chi connectivity index (χ1) is 20.5. The Hall–Kier alpha value is -3.50. The summed E-state index contributed by atoms with van der Waals surface area (Å²) in [5, 5.41) is 2.96. The lowest BCUT2D eigenvalue weighted by Gasteiger charge is -2.33. The molecule has 0 aliphatic carbocycles. The molecule has 0 radical (unpaired) electrons. The molecule has 0 unspecified atom stereocenters. The molecule has 0 bridgehead atoms. The number of hydrogen-bond acceptors (Lipinski definition) is 6. The molecule has 3 aromatic carbocycles. The van der Waals surface area contributed by atoms with Gasteiger partial charge < -0.3 is 15.0 Å². The Labute approximate surface area is 260 Å². The van der Waals surface area contributed by atoms with Gasteiger partial charge in [-0.1, -0.05) is 50.6 Å². The van der Waals surface area contributed by atoms with Crippen molar-refractivity contribution in [3.05, 3.63) is 83.9 Å². The monoisotopic (exact) mass is 625 g/mol. The fraction of sp³-hybridized carbons (Fsp3) is 0.394. The maximum atomic E-state index is 14.2. The quantitative estimate of drug-likeness (QED) is 0.212. The standard InChI is InChI=1S/C33H43N3O5S2/c1-7-31(33(38)34-21-24(3)4)35(22-26-11-9-10-25(5)20-26)32(37)23-36(27-12-14-28(15-13-27)41-8-2)43(39,40)30-18-16-29(42-6)17-19-30/h9-20,24,31H,7-8,21-23H2,1-6H3,(H,34,38)/t31-/m1/s1. The van der Waals surface area contributed by atoms with Gasteiger partial charge in [0.2, 0.25) is 11.8 Å². The molecule has 0 spiro atoms. The van der Waals surface area contributed by atoms with Gasteiger partial charge in [0.05, 0.1) is 17.2 Å². The summed E-state index contributed by atoms with van der Waals surface area (Å²) in [5.41, 5.74) is 2.19. The van der Waals surface area contributed by atoms with Crippen LogP contribution >= 0.6 is 11.8 Å². The average Bonchev–Trinajstić information content (AvgIpc) is 2.99. The zero-order valence-corrected chi connectivity index (χ0v) is 27.5. The van der Waals surface area contributed by atoms with E-state index in [1.807, 2.05) is 65.1 Å². The van der Waals surface area contributed by atoms with Gasteiger partial charge in [0.1, 0.15) is 18.3 Å². The second kappa shape index (κ2) is 15.8. The molecule has 2 amide bonds. The number of aryl methyl sites for hydroxylation is 1. The smallest absolute Gasteiger partial charge is 0.264 e. The molecule has 0 aliphatic heterocycles. The summed E-state index contributed by atoms with van der Waals surface area (Å²) < 4.78 is 34.9. The third-order valence-corrected chi connectivity index (χ3v) is 9.40. The van der Waals surface area contributed by atoms with Crippen LogP contribution in [0.2, 0.25) is 0 Å². The van der Waals surface area contributed by atoms with Crippen molar-refractivity contribution in [2.24, 2.45) is 5.92 Å². The van der Waals surface area contributed by atoms with Gasteiger partial charge in [-0.3, -0.25) is 13.9 Å². The van der Waals surface area contributed by atoms with E-state index in [0.717, 1.165) is 20.3 Å². The molecular weight excluding hydrogens is 583 g/mol. The van der Waals surface area contributed by atoms with Crippen molar-refractivity contribution < 1.29 is 22.7 Å². The third kappa shape index (κ3) is 9.24. The third-order valence-electron chi connectivity index (χ3n) is 6.87. The van der Waals surface area contributed by atoms with Crippen molar-refractivity contribution in [3.8, 4) is 5.75 Å². The van der Waals surface area contributed by atoms with Gasteiger partial charge in [-0.05, 0) is 86.5 Å². The number of sulfonamides is 1. The van der Waals surface area contributed by atoms with Crippen LogP contribution in [0.5, 0.6) is 5.75 Å². The number of rotatable bonds is 15. The minimum Gasteiger partial charge on any atom is -0.494 e. The molecule has 0 heterocycles. The maximum Gasteiger partial charge on any atom is 0.264 e. The van der Waals surface area contributed by atoms with Gasteiger partial charge in [-0.15, -0.1) is 11.8 Å². The Kier molecular flexibility index (Phi) is 12.5. The maximum absolute atomic E-state index is 14.2. The van der Waals surface area contributed by atoms with Gasteiger partial charge in [0.25, 0.3) is 10.0 Å². The Balaban J connectivity index is 2.06. The van der Waals surface area contributed by atoms with Crippen molar-refractivity contribution in [1.29, 1.82) is 0 Å². The lowest BCUT2D eigenvalue weighted by atomic mass is 10.1. The summed E-state index contributed by atoms with van der Waals surface area (Å²) in [6, 6.07) is 20.2. The predicted octanol–water partition coefficient (Wildman–Crippen LogP) is 5.89. The van der Waals surface area contributed by atoms with Crippen LogP contribution in [0.25, 0.3) is 0 Å². The largest absolute Gasteiger partial charge is 0.494 e. The lowest BCUT2D eigenvalue weighted by molar-refractivity contribution is -0.140. The second-order valence-corrected chi connectivity index (χ2v) is 13.4. The van der Waals surface area contributed by atoms with E-state index < -0.39 is 28.5 Å². The van der Waals surface area contributed by atoms with E-state index >= 15 is 0 Å². The summed E-state index contributed by atoms with van der Waals surface area (Å²) in [4.78, 5) is 30.1. The Bertz CT molecular complexity index is 1460. The van der Waals surface area contributed by atoms with E-state index in [-0.39, 0.29) is 23.3 Å². The Morgan fingerprint density at radius 1 is 0.977 bits per heavy atom. The molecule has 0 aromatic heterocycles. The Morgan fingerprint density at radius 3 is 2.21 bits per heavy atom. The normalized spacial score (nSPS) is 12.1. The second-order valence-electron chi connectivity index (χ2n) is 10.7. The number of nitrogens with one attached hydrogen (secondary N) is 1. The number of nitrogens with zero attached hydrogens (tertiary/aromatic N) is 2. The van der Waals surface area contributed by atoms with Gasteiger partial charge in [-0.25, -0.2) is 8.42 Å². The molecule has 43 heavy (non-hydrogen) atoms. The van der Waals surface area contributed by atoms with Crippen LogP contribution in [-0.2, 0) is 26.2 Å². The van der Waals surface area contributed by atoms with E-state index in [9.17, 15) is 18.0 Å². The minimum atomic E-state index is -4.15. The topological polar surface area (TPSA) is 96.0 Å². The first kappa shape index (κ1) is 34.0. The number of ether oxygens (including phenoxy) is 1. The van der Waals surface area contributed by atoms with Gasteiger partial charge in [-0.2, -0.15) is 0 Å². The number of carbonyl (C=O) groups is 2. The number of anilines is 1. The van der Waals surface area contributed by atoms with Gasteiger partial charge in [0, 0.05) is 18.0 Å². The fourth-order valence-electron chi connectivity index (χ4n) is 4.63. The molecule has 0 saturated carbocycles. The van der Waals surface area contributed by atoms with Crippen LogP contribution in [0, 0.1) is 12.8 Å². The summed E-state index contributed by atoms with van der Waals surface area (Å²) in [5.74, 6) is 0.0833. The molecule has 1 atom stereocenters. The van der Waals surface area contributed by atoms with Crippen molar-refractivity contribution in [1.82, 2.24) is 10.2 Å². The molecule has 8 nitrogen and oxygen atoms in total. The molecular formula is C33H43N3O5S2. The van der Waals surface area contributed by atoms with Crippen molar-refractivity contribution >= 4 is 39.3 Å². The molecule has 10 heteroatoms. The highest BCUT2D eigenvalue weighted by molar-refractivity contribution is 7.98. The molecule has 0 aliphatic rings. The summed E-state index contributed by atoms with van der Waals surface area (Å²) >= 11 is 1.51. The Morgan fingerprint density at radius 2 is 1.65 bits per heavy atom. The summed E-state index contributed by atoms with van der Waals surface area (Å²) in [7, 11) is -4.15. The fourth-order valence-corrected chi connectivity index (χ4v) is 6.45. The van der Waals surface area contributed by atoms with Crippen molar-refractivity contribution in [2.45, 2.75) is 63.4 Å². The average molecular weight is 626 g/mol. The van der Waals surface area contributed by atoms with E-state index in [0.29, 0.717) is 31.0 Å². The van der Waals surface area contributed by atoms with Crippen molar-refractivity contribution in [2.75, 3.05) is 30.3 Å². The first-order valence-corrected chi connectivity index (χ1v) is 17.2. The summed E-state index contributed by atoms with van der Waals surface area (Å²) in [6.07, 6.45) is 2.28. The molecule has 1 N–H and O–H groups in total. The van der Waals surface area contributed by atoms with E-state index in [2.05, 4.69) is 5.32 Å². The van der Waals surface area contributed by atoms with Crippen LogP contribution in [0.3, 0.4) is 0 Å². The van der Waals surface area contributed by atoms with Crippen molar-refractivity contribution in [3.63, 3.8) is 0 Å². The molecule has 3 rings (SSSR count). The number of benzene rings is 3. The zero-order valence-electron chi connectivity index (χ0n) is 25.9. The molecule has 0 fully saturated rings. The molecule has 0 saturated heterocycles. The highest BCUT2D eigenvalue weighted by Crippen LogP contribution is 2.28. The lowest BCUT2D eigenvalue weighted by Crippen LogP contribution is -2.52. The number of amides is 2. The SMILES string of the molecule is CCOc1ccc(N(CC(=O)N(Cc2cccc(C)c2)[C@H](CC)C(=O)NCC(C)C)S(=O)(=O)c2ccc(SC)cc2)cc1. The number of thioether (sulfide) groups is 1. The van der Waals surface area contributed by atoms with Crippen LogP contribution in [-0.4, -0.2) is 57.1 Å². The highest BCUT2D eigenvalue weighted by Gasteiger charge is 2.33. The van der Waals surface area contributed by atoms with Crippen LogP contribution < -0.4 is 14.4 Å². The van der Waals surface area contributed by atoms with E-state index in [1.54, 1.807) is 48.5 Å². The van der Waals surface area contributed by atoms with Crippen LogP contribution in [0.1, 0.15) is 45.2 Å². The molecule has 232 valence electrons. The highest BCUT2D eigenvalue weighted by atomic mass is 32.2. The summed E-state index contributed by atoms with van der Waals surface area (Å²) in [6.45, 7) is 10.3. The van der Waals surface area contributed by atoms with E-state index in [1.165, 1.54) is 16.7 Å². The van der Waals surface area contributed by atoms with E-state index in [4.69, 9.17) is 4.74 Å². The predicted molar refractivity (Wildman–Crippen MR) is 174 cm³/mol. The first-order valence-electron chi connectivity index (χ1n) is 14.5. The molecule has 3 aromatic rings. The minimum absolute atomic E-state index is 0.0685. The number of hydrogen-bond donors (Lipinski definition) is 1. The van der Waals surface area contributed by atoms with Gasteiger partial charge >= 0.3 is 0 Å². The number of carbonyl (C=O) groups excluding carboxylic acids is 2.